The highest BCUT2D eigenvalue weighted by atomic mass is 32.1. The first-order chi connectivity index (χ1) is 9.20. The number of aryl methyl sites for hydroxylation is 1. The van der Waals surface area contributed by atoms with Gasteiger partial charge in [0.25, 0.3) is 0 Å². The summed E-state index contributed by atoms with van der Waals surface area (Å²) in [5.41, 5.74) is 1.23. The van der Waals surface area contributed by atoms with Crippen molar-refractivity contribution in [1.82, 2.24) is 0 Å². The molecule has 0 unspecified atom stereocenters. The van der Waals surface area contributed by atoms with Crippen molar-refractivity contribution in [3.63, 3.8) is 0 Å². The van der Waals surface area contributed by atoms with E-state index in [1.54, 1.807) is 23.5 Å². The molecule has 0 amide bonds. The summed E-state index contributed by atoms with van der Waals surface area (Å²) >= 11 is 1.69. The van der Waals surface area contributed by atoms with Crippen LogP contribution in [-0.4, -0.2) is 5.11 Å². The fourth-order valence-corrected chi connectivity index (χ4v) is 2.90. The summed E-state index contributed by atoms with van der Waals surface area (Å²) in [7, 11) is 0. The highest BCUT2D eigenvalue weighted by Crippen LogP contribution is 2.29. The molecule has 0 atom stereocenters. The molecular formula is C16H14O2S. The SMILES string of the molecule is Cc1ccc(OCc2cc3cc(O)ccc3s2)cc1. The van der Waals surface area contributed by atoms with Gasteiger partial charge in [0.2, 0.25) is 0 Å². The van der Waals surface area contributed by atoms with Crippen LogP contribution >= 0.6 is 11.3 Å². The fourth-order valence-electron chi connectivity index (χ4n) is 1.95. The summed E-state index contributed by atoms with van der Waals surface area (Å²) in [5, 5.41) is 10.5. The molecule has 0 aliphatic carbocycles. The first-order valence-electron chi connectivity index (χ1n) is 6.11. The standard InChI is InChI=1S/C16H14O2S/c1-11-2-5-14(6-3-11)18-10-15-9-12-8-13(17)4-7-16(12)19-15/h2-9,17H,10H2,1H3. The minimum Gasteiger partial charge on any atom is -0.508 e. The van der Waals surface area contributed by atoms with Gasteiger partial charge in [0.05, 0.1) is 0 Å². The van der Waals surface area contributed by atoms with Crippen LogP contribution < -0.4 is 4.74 Å². The third kappa shape index (κ3) is 2.71. The summed E-state index contributed by atoms with van der Waals surface area (Å²) in [6.07, 6.45) is 0. The smallest absolute Gasteiger partial charge is 0.122 e. The van der Waals surface area contributed by atoms with Gasteiger partial charge in [-0.3, -0.25) is 0 Å². The lowest BCUT2D eigenvalue weighted by molar-refractivity contribution is 0.310. The highest BCUT2D eigenvalue weighted by Gasteiger charge is 2.03. The molecule has 0 bridgehead atoms. The first-order valence-corrected chi connectivity index (χ1v) is 6.93. The van der Waals surface area contributed by atoms with Gasteiger partial charge in [-0.05, 0) is 48.7 Å². The molecule has 3 heteroatoms. The van der Waals surface area contributed by atoms with E-state index >= 15 is 0 Å². The Morgan fingerprint density at radius 1 is 1.05 bits per heavy atom. The summed E-state index contributed by atoms with van der Waals surface area (Å²) in [5.74, 6) is 1.18. The van der Waals surface area contributed by atoms with Crippen LogP contribution in [0.1, 0.15) is 10.4 Å². The van der Waals surface area contributed by atoms with Gasteiger partial charge in [-0.2, -0.15) is 0 Å². The quantitative estimate of drug-likeness (QED) is 0.759. The molecular weight excluding hydrogens is 256 g/mol. The molecule has 1 N–H and O–H groups in total. The molecule has 3 rings (SSSR count). The second-order valence-electron chi connectivity index (χ2n) is 4.54. The molecule has 19 heavy (non-hydrogen) atoms. The second-order valence-corrected chi connectivity index (χ2v) is 5.70. The largest absolute Gasteiger partial charge is 0.508 e. The lowest BCUT2D eigenvalue weighted by Gasteiger charge is -2.04. The molecule has 0 saturated heterocycles. The van der Waals surface area contributed by atoms with Crippen LogP contribution in [-0.2, 0) is 6.61 Å². The Hall–Kier alpha value is -2.00. The van der Waals surface area contributed by atoms with Crippen LogP contribution in [0.4, 0.5) is 0 Å². The Balaban J connectivity index is 1.76. The third-order valence-electron chi connectivity index (χ3n) is 2.95. The molecule has 2 nitrogen and oxygen atoms in total. The summed E-state index contributed by atoms with van der Waals surface area (Å²) in [4.78, 5) is 1.15. The van der Waals surface area contributed by atoms with Crippen molar-refractivity contribution in [3.8, 4) is 11.5 Å². The van der Waals surface area contributed by atoms with Crippen LogP contribution in [0.15, 0.2) is 48.5 Å². The average Bonchev–Trinajstić information content (AvgIpc) is 2.80. The van der Waals surface area contributed by atoms with E-state index in [1.807, 2.05) is 30.3 Å². The van der Waals surface area contributed by atoms with E-state index in [4.69, 9.17) is 4.74 Å². The number of hydrogen-bond donors (Lipinski definition) is 1. The summed E-state index contributed by atoms with van der Waals surface area (Å²) in [6, 6.07) is 15.5. The second kappa shape index (κ2) is 4.94. The van der Waals surface area contributed by atoms with Gasteiger partial charge >= 0.3 is 0 Å². The predicted octanol–water partition coefficient (Wildman–Crippen LogP) is 4.49. The number of thiophene rings is 1. The van der Waals surface area contributed by atoms with E-state index < -0.39 is 0 Å². The van der Waals surface area contributed by atoms with Gasteiger partial charge in [-0.15, -0.1) is 11.3 Å². The molecule has 0 spiro atoms. The lowest BCUT2D eigenvalue weighted by atomic mass is 10.2. The molecule has 0 radical (unpaired) electrons. The highest BCUT2D eigenvalue weighted by molar-refractivity contribution is 7.19. The monoisotopic (exact) mass is 270 g/mol. The maximum absolute atomic E-state index is 9.45. The van der Waals surface area contributed by atoms with Crippen molar-refractivity contribution in [2.75, 3.05) is 0 Å². The maximum atomic E-state index is 9.45. The maximum Gasteiger partial charge on any atom is 0.122 e. The predicted molar refractivity (Wildman–Crippen MR) is 79.0 cm³/mol. The Labute approximate surface area is 115 Å². The lowest BCUT2D eigenvalue weighted by Crippen LogP contribution is -1.92. The summed E-state index contributed by atoms with van der Waals surface area (Å²) < 4.78 is 6.92. The van der Waals surface area contributed by atoms with Gasteiger partial charge in [-0.1, -0.05) is 17.7 Å². The van der Waals surface area contributed by atoms with E-state index in [0.29, 0.717) is 12.4 Å². The molecule has 2 aromatic carbocycles. The Morgan fingerprint density at radius 2 is 1.84 bits per heavy atom. The Morgan fingerprint density at radius 3 is 2.63 bits per heavy atom. The van der Waals surface area contributed by atoms with Gasteiger partial charge in [0.15, 0.2) is 0 Å². The zero-order valence-corrected chi connectivity index (χ0v) is 11.4. The molecule has 96 valence electrons. The third-order valence-corrected chi connectivity index (χ3v) is 4.04. The molecule has 0 aliphatic rings. The molecule has 1 aromatic heterocycles. The summed E-state index contributed by atoms with van der Waals surface area (Å²) in [6.45, 7) is 2.62. The Kier molecular flexibility index (Phi) is 3.13. The number of phenolic OH excluding ortho intramolecular Hbond substituents is 1. The van der Waals surface area contributed by atoms with Crippen molar-refractivity contribution in [3.05, 3.63) is 59.0 Å². The van der Waals surface area contributed by atoms with E-state index in [2.05, 4.69) is 13.0 Å². The van der Waals surface area contributed by atoms with Crippen LogP contribution in [0.2, 0.25) is 0 Å². The molecule has 1 heterocycles. The number of phenols is 1. The minimum atomic E-state index is 0.302. The zero-order chi connectivity index (χ0) is 13.2. The fraction of sp³-hybridized carbons (Fsp3) is 0.125. The zero-order valence-electron chi connectivity index (χ0n) is 10.6. The van der Waals surface area contributed by atoms with E-state index in [9.17, 15) is 5.11 Å². The molecule has 0 aliphatic heterocycles. The van der Waals surface area contributed by atoms with Gasteiger partial charge in [0.1, 0.15) is 18.1 Å². The van der Waals surface area contributed by atoms with Gasteiger partial charge in [-0.25, -0.2) is 0 Å². The van der Waals surface area contributed by atoms with Crippen molar-refractivity contribution in [2.24, 2.45) is 0 Å². The number of hydrogen-bond acceptors (Lipinski definition) is 3. The number of benzene rings is 2. The van der Waals surface area contributed by atoms with Crippen molar-refractivity contribution in [2.45, 2.75) is 13.5 Å². The average molecular weight is 270 g/mol. The van der Waals surface area contributed by atoms with Crippen LogP contribution in [0.25, 0.3) is 10.1 Å². The van der Waals surface area contributed by atoms with Crippen LogP contribution in [0.5, 0.6) is 11.5 Å². The first kappa shape index (κ1) is 12.1. The van der Waals surface area contributed by atoms with Gasteiger partial charge < -0.3 is 9.84 Å². The normalized spacial score (nSPS) is 10.8. The van der Waals surface area contributed by atoms with E-state index in [-0.39, 0.29) is 0 Å². The van der Waals surface area contributed by atoms with Crippen LogP contribution in [0.3, 0.4) is 0 Å². The number of fused-ring (bicyclic) bond motifs is 1. The molecule has 0 saturated carbocycles. The number of rotatable bonds is 3. The van der Waals surface area contributed by atoms with Crippen molar-refractivity contribution in [1.29, 1.82) is 0 Å². The number of ether oxygens (including phenoxy) is 1. The Bertz CT molecular complexity index is 698. The van der Waals surface area contributed by atoms with Crippen molar-refractivity contribution >= 4 is 21.4 Å². The van der Waals surface area contributed by atoms with E-state index in [0.717, 1.165) is 16.0 Å². The van der Waals surface area contributed by atoms with E-state index in [1.165, 1.54) is 10.3 Å². The van der Waals surface area contributed by atoms with Gasteiger partial charge in [0, 0.05) is 9.58 Å². The molecule has 0 fully saturated rings. The van der Waals surface area contributed by atoms with Crippen molar-refractivity contribution < 1.29 is 9.84 Å². The minimum absolute atomic E-state index is 0.302. The van der Waals surface area contributed by atoms with Crippen LogP contribution in [0, 0.1) is 6.92 Å². The number of aromatic hydroxyl groups is 1. The topological polar surface area (TPSA) is 29.5 Å². The molecule has 3 aromatic rings.